The molecule has 104 valence electrons. The SMILES string of the molecule is C=CC1CC(CC)C(O)C(C2(C)CCCCC2)C1. The molecule has 2 rings (SSSR count). The van der Waals surface area contributed by atoms with Gasteiger partial charge in [0.25, 0.3) is 0 Å². The molecule has 2 aliphatic carbocycles. The summed E-state index contributed by atoms with van der Waals surface area (Å²) in [6, 6.07) is 0. The van der Waals surface area contributed by atoms with Crippen LogP contribution in [0, 0.1) is 23.2 Å². The van der Waals surface area contributed by atoms with E-state index in [1.54, 1.807) is 0 Å². The average Bonchev–Trinajstić information content (AvgIpc) is 2.39. The summed E-state index contributed by atoms with van der Waals surface area (Å²) in [4.78, 5) is 0. The van der Waals surface area contributed by atoms with Crippen molar-refractivity contribution in [3.05, 3.63) is 12.7 Å². The van der Waals surface area contributed by atoms with E-state index in [1.165, 1.54) is 32.1 Å². The molecule has 0 spiro atoms. The van der Waals surface area contributed by atoms with Crippen LogP contribution in [-0.2, 0) is 0 Å². The van der Waals surface area contributed by atoms with Gasteiger partial charge in [-0.15, -0.1) is 6.58 Å². The molecule has 0 heterocycles. The highest BCUT2D eigenvalue weighted by molar-refractivity contribution is 4.99. The lowest BCUT2D eigenvalue weighted by atomic mass is 9.58. The third-order valence-corrected chi connectivity index (χ3v) is 5.81. The van der Waals surface area contributed by atoms with Gasteiger partial charge in [0.05, 0.1) is 6.10 Å². The Morgan fingerprint density at radius 1 is 1.22 bits per heavy atom. The van der Waals surface area contributed by atoms with Crippen molar-refractivity contribution < 1.29 is 5.11 Å². The first kappa shape index (κ1) is 14.1. The van der Waals surface area contributed by atoms with Crippen LogP contribution in [0.1, 0.15) is 65.2 Å². The maximum absolute atomic E-state index is 10.7. The second kappa shape index (κ2) is 5.77. The van der Waals surface area contributed by atoms with Gasteiger partial charge in [-0.05, 0) is 48.9 Å². The van der Waals surface area contributed by atoms with Crippen molar-refractivity contribution >= 4 is 0 Å². The van der Waals surface area contributed by atoms with E-state index in [2.05, 4.69) is 26.5 Å². The summed E-state index contributed by atoms with van der Waals surface area (Å²) >= 11 is 0. The van der Waals surface area contributed by atoms with Gasteiger partial charge in [0, 0.05) is 0 Å². The van der Waals surface area contributed by atoms with Crippen LogP contribution in [0.25, 0.3) is 0 Å². The molecule has 1 N–H and O–H groups in total. The molecule has 0 aromatic heterocycles. The van der Waals surface area contributed by atoms with Crippen LogP contribution in [0.2, 0.25) is 0 Å². The fourth-order valence-corrected chi connectivity index (χ4v) is 4.45. The van der Waals surface area contributed by atoms with Crippen LogP contribution in [0.4, 0.5) is 0 Å². The molecular weight excluding hydrogens is 220 g/mol. The summed E-state index contributed by atoms with van der Waals surface area (Å²) in [6.45, 7) is 8.65. The molecule has 0 aromatic rings. The van der Waals surface area contributed by atoms with Crippen LogP contribution < -0.4 is 0 Å². The molecule has 2 aliphatic rings. The van der Waals surface area contributed by atoms with Crippen molar-refractivity contribution in [2.24, 2.45) is 23.2 Å². The van der Waals surface area contributed by atoms with E-state index in [9.17, 15) is 5.11 Å². The normalized spacial score (nSPS) is 40.4. The standard InChI is InChI=1S/C17H30O/c1-4-13-11-14(5-2)16(18)15(12-13)17(3)9-7-6-8-10-17/h4,13-16,18H,1,5-12H2,2-3H3. The Labute approximate surface area is 113 Å². The maximum atomic E-state index is 10.7. The summed E-state index contributed by atoms with van der Waals surface area (Å²) in [6.07, 6.45) is 12.2. The van der Waals surface area contributed by atoms with Crippen molar-refractivity contribution in [2.45, 2.75) is 71.3 Å². The molecule has 0 saturated heterocycles. The molecule has 1 heteroatoms. The first-order valence-corrected chi connectivity index (χ1v) is 7.91. The van der Waals surface area contributed by atoms with E-state index in [4.69, 9.17) is 0 Å². The molecule has 4 atom stereocenters. The van der Waals surface area contributed by atoms with Crippen LogP contribution >= 0.6 is 0 Å². The van der Waals surface area contributed by atoms with E-state index < -0.39 is 0 Å². The Hall–Kier alpha value is -0.300. The second-order valence-electron chi connectivity index (χ2n) is 6.95. The number of allylic oxidation sites excluding steroid dienone is 1. The average molecular weight is 250 g/mol. The highest BCUT2D eigenvalue weighted by Crippen LogP contribution is 2.50. The zero-order chi connectivity index (χ0) is 13.2. The Bertz CT molecular complexity index is 277. The van der Waals surface area contributed by atoms with Gasteiger partial charge in [-0.1, -0.05) is 45.6 Å². The van der Waals surface area contributed by atoms with Gasteiger partial charge in [0.1, 0.15) is 0 Å². The minimum absolute atomic E-state index is 0.0747. The summed E-state index contributed by atoms with van der Waals surface area (Å²) in [7, 11) is 0. The number of aliphatic hydroxyl groups is 1. The number of hydrogen-bond donors (Lipinski definition) is 1. The molecule has 2 fully saturated rings. The molecule has 0 radical (unpaired) electrons. The quantitative estimate of drug-likeness (QED) is 0.728. The molecule has 4 unspecified atom stereocenters. The molecule has 2 saturated carbocycles. The molecule has 0 aliphatic heterocycles. The van der Waals surface area contributed by atoms with Gasteiger partial charge < -0.3 is 5.11 Å². The smallest absolute Gasteiger partial charge is 0.0602 e. The Balaban J connectivity index is 2.15. The van der Waals surface area contributed by atoms with Crippen LogP contribution in [0.15, 0.2) is 12.7 Å². The maximum Gasteiger partial charge on any atom is 0.0602 e. The van der Waals surface area contributed by atoms with Gasteiger partial charge in [-0.3, -0.25) is 0 Å². The van der Waals surface area contributed by atoms with Crippen LogP contribution in [-0.4, -0.2) is 11.2 Å². The molecule has 0 aromatic carbocycles. The summed E-state index contributed by atoms with van der Waals surface area (Å²) in [5.41, 5.74) is 0.382. The van der Waals surface area contributed by atoms with Gasteiger partial charge in [0.15, 0.2) is 0 Å². The van der Waals surface area contributed by atoms with E-state index in [0.717, 1.165) is 19.3 Å². The third-order valence-electron chi connectivity index (χ3n) is 5.81. The molecule has 0 bridgehead atoms. The van der Waals surface area contributed by atoms with Crippen LogP contribution in [0.5, 0.6) is 0 Å². The molecular formula is C17H30O. The zero-order valence-electron chi connectivity index (χ0n) is 12.2. The van der Waals surface area contributed by atoms with E-state index in [-0.39, 0.29) is 6.10 Å². The Morgan fingerprint density at radius 2 is 1.89 bits per heavy atom. The van der Waals surface area contributed by atoms with Gasteiger partial charge in [-0.25, -0.2) is 0 Å². The summed E-state index contributed by atoms with van der Waals surface area (Å²) in [5.74, 6) is 1.62. The Morgan fingerprint density at radius 3 is 2.44 bits per heavy atom. The number of aliphatic hydroxyl groups excluding tert-OH is 1. The van der Waals surface area contributed by atoms with Crippen molar-refractivity contribution in [3.8, 4) is 0 Å². The molecule has 1 nitrogen and oxygen atoms in total. The topological polar surface area (TPSA) is 20.2 Å². The van der Waals surface area contributed by atoms with E-state index >= 15 is 0 Å². The zero-order valence-corrected chi connectivity index (χ0v) is 12.2. The number of rotatable bonds is 3. The third kappa shape index (κ3) is 2.66. The van der Waals surface area contributed by atoms with Gasteiger partial charge in [0.2, 0.25) is 0 Å². The molecule has 0 amide bonds. The first-order chi connectivity index (χ1) is 8.60. The summed E-state index contributed by atoms with van der Waals surface area (Å²) < 4.78 is 0. The largest absolute Gasteiger partial charge is 0.393 e. The van der Waals surface area contributed by atoms with Crippen LogP contribution in [0.3, 0.4) is 0 Å². The van der Waals surface area contributed by atoms with Crippen molar-refractivity contribution in [1.29, 1.82) is 0 Å². The van der Waals surface area contributed by atoms with E-state index in [1.807, 2.05) is 0 Å². The second-order valence-corrected chi connectivity index (χ2v) is 6.95. The minimum Gasteiger partial charge on any atom is -0.393 e. The predicted molar refractivity (Wildman–Crippen MR) is 77.4 cm³/mol. The van der Waals surface area contributed by atoms with Crippen molar-refractivity contribution in [1.82, 2.24) is 0 Å². The van der Waals surface area contributed by atoms with Gasteiger partial charge >= 0.3 is 0 Å². The number of hydrogen-bond acceptors (Lipinski definition) is 1. The molecule has 18 heavy (non-hydrogen) atoms. The lowest BCUT2D eigenvalue weighted by molar-refractivity contribution is -0.0667. The van der Waals surface area contributed by atoms with Gasteiger partial charge in [-0.2, -0.15) is 0 Å². The van der Waals surface area contributed by atoms with E-state index in [0.29, 0.717) is 23.2 Å². The lowest BCUT2D eigenvalue weighted by Gasteiger charge is -2.49. The lowest BCUT2D eigenvalue weighted by Crippen LogP contribution is -2.45. The first-order valence-electron chi connectivity index (χ1n) is 7.91. The summed E-state index contributed by atoms with van der Waals surface area (Å²) in [5, 5.41) is 10.7. The van der Waals surface area contributed by atoms with Crippen molar-refractivity contribution in [3.63, 3.8) is 0 Å². The van der Waals surface area contributed by atoms with Crippen molar-refractivity contribution in [2.75, 3.05) is 0 Å². The Kier molecular flexibility index (Phi) is 4.53. The monoisotopic (exact) mass is 250 g/mol. The highest BCUT2D eigenvalue weighted by Gasteiger charge is 2.45. The minimum atomic E-state index is -0.0747. The fourth-order valence-electron chi connectivity index (χ4n) is 4.45. The highest BCUT2D eigenvalue weighted by atomic mass is 16.3. The fraction of sp³-hybridized carbons (Fsp3) is 0.882. The predicted octanol–water partition coefficient (Wildman–Crippen LogP) is 4.56.